The number of halogens is 1. The second kappa shape index (κ2) is 8.01. The highest BCUT2D eigenvalue weighted by Crippen LogP contribution is 2.28. The lowest BCUT2D eigenvalue weighted by molar-refractivity contribution is 0.100. The summed E-state index contributed by atoms with van der Waals surface area (Å²) in [4.78, 5) is 9.34. The van der Waals surface area contributed by atoms with E-state index in [4.69, 9.17) is 16.9 Å². The van der Waals surface area contributed by atoms with E-state index in [-0.39, 0.29) is 0 Å². The van der Waals surface area contributed by atoms with Gasteiger partial charge in [-0.15, -0.1) is 0 Å². The van der Waals surface area contributed by atoms with Gasteiger partial charge in [0.15, 0.2) is 0 Å². The first-order valence-corrected chi connectivity index (χ1v) is 9.75. The maximum absolute atomic E-state index is 8.94. The standard InChI is InChI=1S/C22H21ClN4/c23-19-4-1-3-17(13-19)7-9-20-5-2-6-21-16-26(11-12-27(20)21)22-10-8-18(14-24)15-25-22/h1,3-4,8,10,13,15,20-21H,2,5-6,11-12,16H2/t20-,21+/m1/s1. The zero-order chi connectivity index (χ0) is 18.6. The van der Waals surface area contributed by atoms with Crippen LogP contribution in [0.25, 0.3) is 0 Å². The van der Waals surface area contributed by atoms with Crippen molar-refractivity contribution in [1.82, 2.24) is 9.88 Å². The molecule has 0 saturated carbocycles. The molecule has 0 amide bonds. The number of aromatic nitrogens is 1. The summed E-state index contributed by atoms with van der Waals surface area (Å²) < 4.78 is 0. The van der Waals surface area contributed by atoms with Crippen molar-refractivity contribution >= 4 is 17.4 Å². The molecule has 27 heavy (non-hydrogen) atoms. The summed E-state index contributed by atoms with van der Waals surface area (Å²) in [6, 6.07) is 14.5. The van der Waals surface area contributed by atoms with Gasteiger partial charge in [-0.05, 0) is 49.6 Å². The van der Waals surface area contributed by atoms with Crippen LogP contribution in [0.3, 0.4) is 0 Å². The van der Waals surface area contributed by atoms with Crippen LogP contribution in [-0.2, 0) is 0 Å². The molecule has 4 rings (SSSR count). The fourth-order valence-corrected chi connectivity index (χ4v) is 4.17. The summed E-state index contributed by atoms with van der Waals surface area (Å²) in [6.07, 6.45) is 5.17. The Morgan fingerprint density at radius 2 is 2.04 bits per heavy atom. The van der Waals surface area contributed by atoms with Crippen molar-refractivity contribution in [3.05, 3.63) is 58.7 Å². The van der Waals surface area contributed by atoms with Gasteiger partial charge in [-0.2, -0.15) is 5.26 Å². The predicted molar refractivity (Wildman–Crippen MR) is 108 cm³/mol. The molecule has 0 aliphatic carbocycles. The normalized spacial score (nSPS) is 22.3. The molecule has 1 aromatic heterocycles. The number of pyridine rings is 1. The highest BCUT2D eigenvalue weighted by atomic mass is 35.5. The van der Waals surface area contributed by atoms with Gasteiger partial charge in [0.1, 0.15) is 11.9 Å². The Hall–Kier alpha value is -2.53. The molecule has 2 saturated heterocycles. The summed E-state index contributed by atoms with van der Waals surface area (Å²) in [5.74, 6) is 7.75. The molecule has 1 aromatic carbocycles. The second-order valence-electron chi connectivity index (χ2n) is 7.08. The van der Waals surface area contributed by atoms with Gasteiger partial charge in [0.25, 0.3) is 0 Å². The first-order valence-electron chi connectivity index (χ1n) is 9.37. The van der Waals surface area contributed by atoms with Crippen LogP contribution in [0.1, 0.15) is 30.4 Å². The quantitative estimate of drug-likeness (QED) is 0.712. The van der Waals surface area contributed by atoms with Crippen molar-refractivity contribution in [2.45, 2.75) is 31.3 Å². The van der Waals surface area contributed by atoms with Gasteiger partial charge in [0.2, 0.25) is 0 Å². The van der Waals surface area contributed by atoms with Crippen LogP contribution in [0.15, 0.2) is 42.6 Å². The summed E-state index contributed by atoms with van der Waals surface area (Å²) in [7, 11) is 0. The van der Waals surface area contributed by atoms with E-state index in [9.17, 15) is 0 Å². The third-order valence-electron chi connectivity index (χ3n) is 5.35. The highest BCUT2D eigenvalue weighted by Gasteiger charge is 2.34. The number of anilines is 1. The van der Waals surface area contributed by atoms with Gasteiger partial charge in [0.05, 0.1) is 11.6 Å². The molecule has 5 heteroatoms. The minimum atomic E-state index is 0.304. The number of nitrogens with zero attached hydrogens (tertiary/aromatic N) is 4. The summed E-state index contributed by atoms with van der Waals surface area (Å²) in [5, 5.41) is 9.67. The van der Waals surface area contributed by atoms with Gasteiger partial charge >= 0.3 is 0 Å². The monoisotopic (exact) mass is 376 g/mol. The van der Waals surface area contributed by atoms with Gasteiger partial charge in [-0.25, -0.2) is 4.98 Å². The van der Waals surface area contributed by atoms with E-state index < -0.39 is 0 Å². The number of piperazine rings is 1. The summed E-state index contributed by atoms with van der Waals surface area (Å²) >= 11 is 6.06. The van der Waals surface area contributed by atoms with E-state index in [2.05, 4.69) is 32.7 Å². The Morgan fingerprint density at radius 3 is 2.81 bits per heavy atom. The van der Waals surface area contributed by atoms with Crippen LogP contribution in [0.2, 0.25) is 5.02 Å². The number of hydrogen-bond acceptors (Lipinski definition) is 4. The van der Waals surface area contributed by atoms with Gasteiger partial charge in [-0.1, -0.05) is 29.5 Å². The van der Waals surface area contributed by atoms with Crippen molar-refractivity contribution in [3.63, 3.8) is 0 Å². The maximum Gasteiger partial charge on any atom is 0.128 e. The van der Waals surface area contributed by atoms with Crippen LogP contribution in [0, 0.1) is 23.2 Å². The third-order valence-corrected chi connectivity index (χ3v) is 5.59. The van der Waals surface area contributed by atoms with E-state index in [1.807, 2.05) is 36.4 Å². The largest absolute Gasteiger partial charge is 0.354 e. The molecule has 136 valence electrons. The molecular weight excluding hydrogens is 356 g/mol. The fraction of sp³-hybridized carbons (Fsp3) is 0.364. The highest BCUT2D eigenvalue weighted by molar-refractivity contribution is 6.30. The topological polar surface area (TPSA) is 43.2 Å². The second-order valence-corrected chi connectivity index (χ2v) is 7.52. The molecule has 2 aromatic rings. The first-order chi connectivity index (χ1) is 13.2. The van der Waals surface area contributed by atoms with Crippen molar-refractivity contribution < 1.29 is 0 Å². The SMILES string of the molecule is N#Cc1ccc(N2CCN3[C@@H](CCC[C@@H]3C#Cc3cccc(Cl)c3)C2)nc1. The number of rotatable bonds is 1. The van der Waals surface area contributed by atoms with Crippen molar-refractivity contribution in [3.8, 4) is 17.9 Å². The summed E-state index contributed by atoms with van der Waals surface area (Å²) in [6.45, 7) is 2.89. The Balaban J connectivity index is 1.45. The minimum Gasteiger partial charge on any atom is -0.354 e. The minimum absolute atomic E-state index is 0.304. The zero-order valence-electron chi connectivity index (χ0n) is 15.1. The molecule has 2 aliphatic heterocycles. The molecule has 0 spiro atoms. The molecule has 4 nitrogen and oxygen atoms in total. The Labute approximate surface area is 165 Å². The van der Waals surface area contributed by atoms with Crippen molar-refractivity contribution in [2.75, 3.05) is 24.5 Å². The predicted octanol–water partition coefficient (Wildman–Crippen LogP) is 3.70. The average Bonchev–Trinajstić information content (AvgIpc) is 2.72. The number of hydrogen-bond donors (Lipinski definition) is 0. The van der Waals surface area contributed by atoms with Gasteiger partial charge in [0, 0.05) is 42.5 Å². The van der Waals surface area contributed by atoms with E-state index >= 15 is 0 Å². The van der Waals surface area contributed by atoms with E-state index in [1.54, 1.807) is 6.20 Å². The Kier molecular flexibility index (Phi) is 5.30. The van der Waals surface area contributed by atoms with Crippen LogP contribution in [-0.4, -0.2) is 41.6 Å². The first kappa shape index (κ1) is 17.9. The molecule has 2 aliphatic rings. The van der Waals surface area contributed by atoms with Crippen LogP contribution in [0.5, 0.6) is 0 Å². The molecule has 2 atom stereocenters. The average molecular weight is 377 g/mol. The molecular formula is C22H21ClN4. The van der Waals surface area contributed by atoms with E-state index in [0.29, 0.717) is 17.6 Å². The van der Waals surface area contributed by atoms with Crippen molar-refractivity contribution in [1.29, 1.82) is 5.26 Å². The van der Waals surface area contributed by atoms with Gasteiger partial charge < -0.3 is 4.90 Å². The number of piperidine rings is 1. The molecule has 0 N–H and O–H groups in total. The number of nitriles is 1. The molecule has 2 fully saturated rings. The zero-order valence-corrected chi connectivity index (χ0v) is 15.9. The lowest BCUT2D eigenvalue weighted by Gasteiger charge is -2.47. The van der Waals surface area contributed by atoms with E-state index in [1.165, 1.54) is 12.8 Å². The van der Waals surface area contributed by atoms with Gasteiger partial charge in [-0.3, -0.25) is 4.90 Å². The number of benzene rings is 1. The number of fused-ring (bicyclic) bond motifs is 1. The molecule has 0 unspecified atom stereocenters. The lowest BCUT2D eigenvalue weighted by Crippen LogP contribution is -2.58. The van der Waals surface area contributed by atoms with Crippen LogP contribution < -0.4 is 4.90 Å². The molecule has 0 radical (unpaired) electrons. The molecule has 0 bridgehead atoms. The third kappa shape index (κ3) is 4.08. The van der Waals surface area contributed by atoms with E-state index in [0.717, 1.165) is 42.5 Å². The maximum atomic E-state index is 8.94. The Bertz CT molecular complexity index is 906. The summed E-state index contributed by atoms with van der Waals surface area (Å²) in [5.41, 5.74) is 1.58. The Morgan fingerprint density at radius 1 is 1.11 bits per heavy atom. The fourth-order valence-electron chi connectivity index (χ4n) is 3.98. The smallest absolute Gasteiger partial charge is 0.128 e. The molecule has 3 heterocycles. The lowest BCUT2D eigenvalue weighted by atomic mass is 9.93. The van der Waals surface area contributed by atoms with Crippen LogP contribution >= 0.6 is 11.6 Å². The van der Waals surface area contributed by atoms with Crippen LogP contribution in [0.4, 0.5) is 5.82 Å². The van der Waals surface area contributed by atoms with Crippen molar-refractivity contribution in [2.24, 2.45) is 0 Å².